The fraction of sp³-hybridized carbons (Fsp3) is 0.182. The molecule has 2 rings (SSSR count). The van der Waals surface area contributed by atoms with E-state index >= 15 is 0 Å². The Kier molecular flexibility index (Phi) is 3.39. The van der Waals surface area contributed by atoms with Crippen LogP contribution in [0.25, 0.3) is 0 Å². The molecule has 1 amide bonds. The van der Waals surface area contributed by atoms with Crippen LogP contribution in [0, 0.1) is 0 Å². The van der Waals surface area contributed by atoms with Gasteiger partial charge in [-0.05, 0) is 13.0 Å². The molecule has 88 valence electrons. The number of carbonyl (C=O) groups excluding carboxylic acids is 1. The molecule has 0 aliphatic heterocycles. The first kappa shape index (κ1) is 11.6. The number of halogens is 1. The van der Waals surface area contributed by atoms with Gasteiger partial charge < -0.3 is 10.3 Å². The topological polar surface area (TPSA) is 70.7 Å². The third-order valence-corrected chi connectivity index (χ3v) is 2.60. The van der Waals surface area contributed by atoms with E-state index in [0.717, 1.165) is 0 Å². The molecular formula is C11H11ClN4O. The van der Waals surface area contributed by atoms with Gasteiger partial charge in [-0.1, -0.05) is 11.6 Å². The molecule has 5 nitrogen and oxygen atoms in total. The Balaban J connectivity index is 2.10. The molecule has 2 heterocycles. The van der Waals surface area contributed by atoms with Gasteiger partial charge in [0.05, 0.1) is 16.6 Å². The van der Waals surface area contributed by atoms with E-state index in [1.54, 1.807) is 18.5 Å². The van der Waals surface area contributed by atoms with Crippen LogP contribution in [-0.4, -0.2) is 20.9 Å². The average Bonchev–Trinajstić information content (AvgIpc) is 2.82. The number of imidazole rings is 1. The lowest BCUT2D eigenvalue weighted by molar-refractivity contribution is 0.0938. The molecule has 0 saturated carbocycles. The lowest BCUT2D eigenvalue weighted by Crippen LogP contribution is -2.27. The monoisotopic (exact) mass is 250 g/mol. The van der Waals surface area contributed by atoms with E-state index < -0.39 is 0 Å². The van der Waals surface area contributed by atoms with E-state index in [2.05, 4.69) is 20.3 Å². The van der Waals surface area contributed by atoms with Crippen molar-refractivity contribution < 1.29 is 4.79 Å². The van der Waals surface area contributed by atoms with Gasteiger partial charge in [-0.25, -0.2) is 4.98 Å². The van der Waals surface area contributed by atoms with Crippen LogP contribution in [0.15, 0.2) is 30.9 Å². The molecular weight excluding hydrogens is 240 g/mol. The number of carbonyl (C=O) groups is 1. The molecule has 6 heteroatoms. The van der Waals surface area contributed by atoms with Crippen molar-refractivity contribution >= 4 is 17.5 Å². The van der Waals surface area contributed by atoms with Gasteiger partial charge in [-0.2, -0.15) is 0 Å². The second kappa shape index (κ2) is 4.97. The van der Waals surface area contributed by atoms with Gasteiger partial charge in [0.15, 0.2) is 0 Å². The zero-order valence-corrected chi connectivity index (χ0v) is 9.90. The molecule has 0 fully saturated rings. The zero-order valence-electron chi connectivity index (χ0n) is 9.14. The predicted octanol–water partition coefficient (Wildman–Crippen LogP) is 1.95. The molecule has 0 spiro atoms. The van der Waals surface area contributed by atoms with E-state index in [-0.39, 0.29) is 11.9 Å². The van der Waals surface area contributed by atoms with E-state index in [0.29, 0.717) is 16.4 Å². The molecule has 2 N–H and O–H groups in total. The number of hydrogen-bond donors (Lipinski definition) is 2. The molecule has 1 atom stereocenters. The number of nitrogens with zero attached hydrogens (tertiary/aromatic N) is 2. The van der Waals surface area contributed by atoms with Crippen LogP contribution in [-0.2, 0) is 0 Å². The highest BCUT2D eigenvalue weighted by molar-refractivity contribution is 6.33. The fourth-order valence-electron chi connectivity index (χ4n) is 1.42. The molecule has 2 aromatic rings. The highest BCUT2D eigenvalue weighted by Crippen LogP contribution is 2.14. The van der Waals surface area contributed by atoms with Gasteiger partial charge in [0.2, 0.25) is 0 Å². The molecule has 17 heavy (non-hydrogen) atoms. The van der Waals surface area contributed by atoms with Gasteiger partial charge >= 0.3 is 0 Å². The molecule has 0 aromatic carbocycles. The summed E-state index contributed by atoms with van der Waals surface area (Å²) in [4.78, 5) is 22.7. The number of aromatic nitrogens is 3. The van der Waals surface area contributed by atoms with Gasteiger partial charge in [0.25, 0.3) is 5.91 Å². The minimum atomic E-state index is -0.249. The SMILES string of the molecule is CC(NC(=O)c1ccncc1Cl)c1ncc[nH]1. The van der Waals surface area contributed by atoms with Gasteiger partial charge in [0, 0.05) is 24.8 Å². The Labute approximate surface area is 103 Å². The standard InChI is InChI=1S/C11H11ClN4O/c1-7(10-14-4-5-15-10)16-11(17)8-2-3-13-6-9(8)12/h2-7H,1H3,(H,14,15)(H,16,17). The van der Waals surface area contributed by atoms with Crippen LogP contribution in [0.4, 0.5) is 0 Å². The first-order valence-electron chi connectivity index (χ1n) is 5.08. The molecule has 0 aliphatic rings. The number of nitrogens with one attached hydrogen (secondary N) is 2. The predicted molar refractivity (Wildman–Crippen MR) is 63.7 cm³/mol. The van der Waals surface area contributed by atoms with E-state index in [9.17, 15) is 4.79 Å². The average molecular weight is 251 g/mol. The lowest BCUT2D eigenvalue weighted by atomic mass is 10.2. The maximum atomic E-state index is 11.9. The van der Waals surface area contributed by atoms with Crippen LogP contribution in [0.2, 0.25) is 5.02 Å². The number of rotatable bonds is 3. The molecule has 0 aliphatic carbocycles. The van der Waals surface area contributed by atoms with Crippen molar-refractivity contribution in [1.82, 2.24) is 20.3 Å². The maximum absolute atomic E-state index is 11.9. The highest BCUT2D eigenvalue weighted by Gasteiger charge is 2.15. The van der Waals surface area contributed by atoms with E-state index in [4.69, 9.17) is 11.6 Å². The number of pyridine rings is 1. The lowest BCUT2D eigenvalue weighted by Gasteiger charge is -2.11. The molecule has 0 bridgehead atoms. The van der Waals surface area contributed by atoms with Crippen LogP contribution >= 0.6 is 11.6 Å². The molecule has 0 saturated heterocycles. The number of amides is 1. The number of H-pyrrole nitrogens is 1. The summed E-state index contributed by atoms with van der Waals surface area (Å²) in [6.07, 6.45) is 6.31. The van der Waals surface area contributed by atoms with Gasteiger partial charge in [-0.3, -0.25) is 9.78 Å². The zero-order chi connectivity index (χ0) is 12.3. The minimum absolute atomic E-state index is 0.207. The summed E-state index contributed by atoms with van der Waals surface area (Å²) in [5.74, 6) is 0.449. The smallest absolute Gasteiger partial charge is 0.253 e. The summed E-state index contributed by atoms with van der Waals surface area (Å²) < 4.78 is 0. The number of aromatic amines is 1. The van der Waals surface area contributed by atoms with Gasteiger partial charge in [-0.15, -0.1) is 0 Å². The maximum Gasteiger partial charge on any atom is 0.253 e. The Morgan fingerprint density at radius 2 is 2.35 bits per heavy atom. The van der Waals surface area contributed by atoms with E-state index in [1.165, 1.54) is 12.4 Å². The third kappa shape index (κ3) is 2.62. The minimum Gasteiger partial charge on any atom is -0.347 e. The summed E-state index contributed by atoms with van der Waals surface area (Å²) in [7, 11) is 0. The number of hydrogen-bond acceptors (Lipinski definition) is 3. The third-order valence-electron chi connectivity index (χ3n) is 2.29. The fourth-order valence-corrected chi connectivity index (χ4v) is 1.62. The summed E-state index contributed by atoms with van der Waals surface area (Å²) in [6.45, 7) is 1.84. The molecule has 0 radical (unpaired) electrons. The van der Waals surface area contributed by atoms with Crippen LogP contribution in [0.5, 0.6) is 0 Å². The quantitative estimate of drug-likeness (QED) is 0.875. The van der Waals surface area contributed by atoms with Crippen LogP contribution < -0.4 is 5.32 Å². The highest BCUT2D eigenvalue weighted by atomic mass is 35.5. The second-order valence-corrected chi connectivity index (χ2v) is 3.93. The van der Waals surface area contributed by atoms with Crippen molar-refractivity contribution in [2.45, 2.75) is 13.0 Å². The van der Waals surface area contributed by atoms with Crippen molar-refractivity contribution in [1.29, 1.82) is 0 Å². The summed E-state index contributed by atoms with van der Waals surface area (Å²) >= 11 is 5.88. The van der Waals surface area contributed by atoms with E-state index in [1.807, 2.05) is 6.92 Å². The van der Waals surface area contributed by atoms with Crippen molar-refractivity contribution in [3.05, 3.63) is 47.3 Å². The summed E-state index contributed by atoms with van der Waals surface area (Å²) in [6, 6.07) is 1.37. The summed E-state index contributed by atoms with van der Waals surface area (Å²) in [5, 5.41) is 3.12. The Bertz CT molecular complexity index is 512. The van der Waals surface area contributed by atoms with Gasteiger partial charge in [0.1, 0.15) is 5.82 Å². The van der Waals surface area contributed by atoms with Crippen LogP contribution in [0.3, 0.4) is 0 Å². The van der Waals surface area contributed by atoms with Crippen LogP contribution in [0.1, 0.15) is 29.1 Å². The van der Waals surface area contributed by atoms with Crippen molar-refractivity contribution in [2.75, 3.05) is 0 Å². The van der Waals surface area contributed by atoms with Crippen molar-refractivity contribution in [3.63, 3.8) is 0 Å². The normalized spacial score (nSPS) is 12.1. The Hall–Kier alpha value is -1.88. The Morgan fingerprint density at radius 3 is 3.00 bits per heavy atom. The molecule has 2 aromatic heterocycles. The Morgan fingerprint density at radius 1 is 1.53 bits per heavy atom. The first-order chi connectivity index (χ1) is 8.18. The first-order valence-corrected chi connectivity index (χ1v) is 5.46. The molecule has 1 unspecified atom stereocenters. The second-order valence-electron chi connectivity index (χ2n) is 3.53. The van der Waals surface area contributed by atoms with Crippen molar-refractivity contribution in [3.8, 4) is 0 Å². The van der Waals surface area contributed by atoms with Crippen molar-refractivity contribution in [2.24, 2.45) is 0 Å². The largest absolute Gasteiger partial charge is 0.347 e. The summed E-state index contributed by atoms with van der Waals surface area (Å²) in [5.41, 5.74) is 0.403.